The van der Waals surface area contributed by atoms with Gasteiger partial charge in [-0.25, -0.2) is 4.79 Å². The number of carbonyl (C=O) groups excluding carboxylic acids is 1. The van der Waals surface area contributed by atoms with E-state index in [1.165, 1.54) is 9.80 Å². The predicted octanol–water partition coefficient (Wildman–Crippen LogP) is 1.68. The second-order valence-electron chi connectivity index (χ2n) is 5.17. The van der Waals surface area contributed by atoms with Crippen molar-refractivity contribution in [2.75, 3.05) is 20.1 Å². The minimum absolute atomic E-state index is 0.213. The Labute approximate surface area is 119 Å². The van der Waals surface area contributed by atoms with Crippen LogP contribution in [0.3, 0.4) is 0 Å². The third-order valence-corrected chi connectivity index (χ3v) is 2.65. The van der Waals surface area contributed by atoms with E-state index in [9.17, 15) is 9.59 Å². The van der Waals surface area contributed by atoms with Gasteiger partial charge in [-0.2, -0.15) is 0 Å². The van der Waals surface area contributed by atoms with Gasteiger partial charge >= 0.3 is 12.0 Å². The van der Waals surface area contributed by atoms with Crippen molar-refractivity contribution in [3.63, 3.8) is 0 Å². The molecule has 110 valence electrons. The number of carboxylic acid groups (broad SMARTS) is 1. The van der Waals surface area contributed by atoms with Crippen LogP contribution in [0.1, 0.15) is 19.4 Å². The average molecular weight is 279 g/mol. The van der Waals surface area contributed by atoms with Crippen molar-refractivity contribution in [3.8, 4) is 0 Å². The van der Waals surface area contributed by atoms with Gasteiger partial charge in [-0.05, 0) is 17.5 Å². The fourth-order valence-corrected chi connectivity index (χ4v) is 1.89. The Bertz CT molecular complexity index is 448. The molecule has 0 aromatic carbocycles. The van der Waals surface area contributed by atoms with Gasteiger partial charge in [-0.3, -0.25) is 9.78 Å². The molecule has 0 unspecified atom stereocenters. The summed E-state index contributed by atoms with van der Waals surface area (Å²) in [5.74, 6) is -0.793. The molecule has 0 aliphatic carbocycles. The number of pyridine rings is 1. The Morgan fingerprint density at radius 1 is 1.40 bits per heavy atom. The van der Waals surface area contributed by atoms with E-state index < -0.39 is 5.97 Å². The van der Waals surface area contributed by atoms with E-state index in [4.69, 9.17) is 5.11 Å². The number of rotatable bonds is 6. The topological polar surface area (TPSA) is 73.7 Å². The number of carbonyl (C=O) groups is 2. The van der Waals surface area contributed by atoms with Gasteiger partial charge in [0.2, 0.25) is 0 Å². The summed E-state index contributed by atoms with van der Waals surface area (Å²) >= 11 is 0. The van der Waals surface area contributed by atoms with Crippen molar-refractivity contribution in [2.45, 2.75) is 20.4 Å². The minimum Gasteiger partial charge on any atom is -0.480 e. The summed E-state index contributed by atoms with van der Waals surface area (Å²) in [6.45, 7) is 4.43. The minimum atomic E-state index is -1.01. The first-order chi connectivity index (χ1) is 9.40. The summed E-state index contributed by atoms with van der Waals surface area (Å²) in [5.41, 5.74) is 0.906. The highest BCUT2D eigenvalue weighted by molar-refractivity contribution is 5.80. The summed E-state index contributed by atoms with van der Waals surface area (Å²) in [6.07, 6.45) is 3.36. The van der Waals surface area contributed by atoms with E-state index >= 15 is 0 Å². The fourth-order valence-electron chi connectivity index (χ4n) is 1.89. The molecule has 0 fully saturated rings. The molecule has 0 saturated carbocycles. The smallest absolute Gasteiger partial charge is 0.323 e. The number of aliphatic carboxylic acids is 1. The first-order valence-corrected chi connectivity index (χ1v) is 6.51. The molecule has 0 spiro atoms. The van der Waals surface area contributed by atoms with Gasteiger partial charge in [0.25, 0.3) is 0 Å². The van der Waals surface area contributed by atoms with Crippen LogP contribution in [0.25, 0.3) is 0 Å². The summed E-state index contributed by atoms with van der Waals surface area (Å²) < 4.78 is 0. The van der Waals surface area contributed by atoms with E-state index in [1.54, 1.807) is 25.5 Å². The van der Waals surface area contributed by atoms with Crippen LogP contribution in [0.4, 0.5) is 4.79 Å². The fraction of sp³-hybridized carbons (Fsp3) is 0.500. The molecule has 6 heteroatoms. The zero-order chi connectivity index (χ0) is 15.1. The van der Waals surface area contributed by atoms with Crippen molar-refractivity contribution in [1.29, 1.82) is 0 Å². The largest absolute Gasteiger partial charge is 0.480 e. The van der Waals surface area contributed by atoms with Gasteiger partial charge in [-0.15, -0.1) is 0 Å². The molecule has 1 N–H and O–H groups in total. The third kappa shape index (κ3) is 5.26. The van der Waals surface area contributed by atoms with Gasteiger partial charge in [-0.1, -0.05) is 19.9 Å². The van der Waals surface area contributed by atoms with Crippen LogP contribution in [-0.2, 0) is 11.3 Å². The maximum Gasteiger partial charge on any atom is 0.323 e. The Hall–Kier alpha value is -2.11. The normalized spacial score (nSPS) is 10.4. The highest BCUT2D eigenvalue weighted by Crippen LogP contribution is 2.07. The highest BCUT2D eigenvalue weighted by Gasteiger charge is 2.21. The van der Waals surface area contributed by atoms with Crippen LogP contribution >= 0.6 is 0 Å². The molecule has 0 radical (unpaired) electrons. The van der Waals surface area contributed by atoms with Gasteiger partial charge in [0.05, 0.1) is 0 Å². The van der Waals surface area contributed by atoms with Crippen LogP contribution in [-0.4, -0.2) is 52.0 Å². The highest BCUT2D eigenvalue weighted by atomic mass is 16.4. The van der Waals surface area contributed by atoms with Crippen molar-refractivity contribution in [1.82, 2.24) is 14.8 Å². The third-order valence-electron chi connectivity index (χ3n) is 2.65. The molecule has 0 atom stereocenters. The lowest BCUT2D eigenvalue weighted by Crippen LogP contribution is -2.45. The van der Waals surface area contributed by atoms with Gasteiger partial charge in [0.15, 0.2) is 0 Å². The van der Waals surface area contributed by atoms with Crippen LogP contribution < -0.4 is 0 Å². The average Bonchev–Trinajstić information content (AvgIpc) is 2.37. The van der Waals surface area contributed by atoms with Crippen LogP contribution in [0.15, 0.2) is 24.5 Å². The van der Waals surface area contributed by atoms with Gasteiger partial charge < -0.3 is 14.9 Å². The molecule has 0 aliphatic rings. The maximum absolute atomic E-state index is 12.3. The summed E-state index contributed by atoms with van der Waals surface area (Å²) in [7, 11) is 1.66. The first-order valence-electron chi connectivity index (χ1n) is 6.51. The Balaban J connectivity index is 2.69. The predicted molar refractivity (Wildman–Crippen MR) is 75.1 cm³/mol. The molecular formula is C14H21N3O3. The van der Waals surface area contributed by atoms with Crippen LogP contribution in [0, 0.1) is 5.92 Å². The molecular weight excluding hydrogens is 258 g/mol. The number of amides is 2. The van der Waals surface area contributed by atoms with Crippen molar-refractivity contribution in [2.24, 2.45) is 5.92 Å². The summed E-state index contributed by atoms with van der Waals surface area (Å²) in [4.78, 5) is 30.0. The lowest BCUT2D eigenvalue weighted by molar-refractivity contribution is -0.137. The van der Waals surface area contributed by atoms with Gasteiger partial charge in [0, 0.05) is 32.5 Å². The molecule has 1 heterocycles. The van der Waals surface area contributed by atoms with Crippen LogP contribution in [0.5, 0.6) is 0 Å². The molecule has 1 aromatic rings. The van der Waals surface area contributed by atoms with E-state index in [0.29, 0.717) is 13.1 Å². The summed E-state index contributed by atoms with van der Waals surface area (Å²) in [6, 6.07) is 3.39. The lowest BCUT2D eigenvalue weighted by Gasteiger charge is -2.28. The lowest BCUT2D eigenvalue weighted by atomic mass is 10.2. The quantitative estimate of drug-likeness (QED) is 0.859. The van der Waals surface area contributed by atoms with E-state index in [-0.39, 0.29) is 18.5 Å². The number of hydrogen-bond acceptors (Lipinski definition) is 3. The number of nitrogens with zero attached hydrogens (tertiary/aromatic N) is 3. The zero-order valence-electron chi connectivity index (χ0n) is 12.1. The second kappa shape index (κ2) is 7.47. The molecule has 0 bridgehead atoms. The molecule has 0 saturated heterocycles. The Kier molecular flexibility index (Phi) is 5.96. The number of hydrogen-bond donors (Lipinski definition) is 1. The van der Waals surface area contributed by atoms with Gasteiger partial charge in [0.1, 0.15) is 6.54 Å². The van der Waals surface area contributed by atoms with E-state index in [2.05, 4.69) is 4.98 Å². The molecule has 20 heavy (non-hydrogen) atoms. The molecule has 6 nitrogen and oxygen atoms in total. The number of carboxylic acids is 1. The first kappa shape index (κ1) is 15.9. The van der Waals surface area contributed by atoms with Crippen LogP contribution in [0.2, 0.25) is 0 Å². The number of urea groups is 1. The number of aromatic nitrogens is 1. The molecule has 0 aliphatic heterocycles. The SMILES string of the molecule is CC(C)CN(CC(=O)O)C(=O)N(C)Cc1cccnc1. The Morgan fingerprint density at radius 3 is 2.60 bits per heavy atom. The summed E-state index contributed by atoms with van der Waals surface area (Å²) in [5, 5.41) is 8.89. The standard InChI is InChI=1S/C14H21N3O3/c1-11(2)8-17(10-13(18)19)14(20)16(3)9-12-5-4-6-15-7-12/h4-7,11H,8-10H2,1-3H3,(H,18,19). The molecule has 1 rings (SSSR count). The maximum atomic E-state index is 12.3. The zero-order valence-corrected chi connectivity index (χ0v) is 12.1. The van der Waals surface area contributed by atoms with E-state index in [1.807, 2.05) is 19.9 Å². The Morgan fingerprint density at radius 2 is 2.10 bits per heavy atom. The second-order valence-corrected chi connectivity index (χ2v) is 5.17. The molecule has 1 aromatic heterocycles. The monoisotopic (exact) mass is 279 g/mol. The van der Waals surface area contributed by atoms with Crippen molar-refractivity contribution >= 4 is 12.0 Å². The van der Waals surface area contributed by atoms with Crippen molar-refractivity contribution < 1.29 is 14.7 Å². The molecule has 2 amide bonds. The van der Waals surface area contributed by atoms with Crippen molar-refractivity contribution in [3.05, 3.63) is 30.1 Å². The van der Waals surface area contributed by atoms with E-state index in [0.717, 1.165) is 5.56 Å².